The topological polar surface area (TPSA) is 3.24 Å². The molecule has 0 bridgehead atoms. The van der Waals surface area contributed by atoms with Gasteiger partial charge in [0.15, 0.2) is 0 Å². The largest absolute Gasteiger partial charge is 0.301 e. The van der Waals surface area contributed by atoms with Crippen LogP contribution < -0.4 is 0 Å². The zero-order chi connectivity index (χ0) is 10.4. The second-order valence-corrected chi connectivity index (χ2v) is 5.27. The Bertz CT molecular complexity index is 142. The molecule has 0 aromatic rings. The van der Waals surface area contributed by atoms with Crippen molar-refractivity contribution in [3.63, 3.8) is 0 Å². The van der Waals surface area contributed by atoms with E-state index in [1.807, 2.05) is 0 Å². The fraction of sp³-hybridized carbons (Fsp3) is 1.00. The van der Waals surface area contributed by atoms with Crippen LogP contribution in [0.3, 0.4) is 0 Å². The lowest BCUT2D eigenvalue weighted by molar-refractivity contribution is 0.157. The van der Waals surface area contributed by atoms with Crippen LogP contribution >= 0.6 is 0 Å². The summed E-state index contributed by atoms with van der Waals surface area (Å²) in [4.78, 5) is 2.68. The van der Waals surface area contributed by atoms with Crippen molar-refractivity contribution in [2.75, 3.05) is 13.1 Å². The molecule has 1 atom stereocenters. The van der Waals surface area contributed by atoms with Gasteiger partial charge in [0.05, 0.1) is 0 Å². The van der Waals surface area contributed by atoms with Gasteiger partial charge in [-0.3, -0.25) is 0 Å². The average Bonchev–Trinajstić information content (AvgIpc) is 2.15. The first-order valence-corrected chi connectivity index (χ1v) is 6.44. The Kier molecular flexibility index (Phi) is 5.54. The molecule has 1 aliphatic rings. The number of likely N-dealkylation sites (tertiary alicyclic amines) is 1. The Morgan fingerprint density at radius 1 is 1.21 bits per heavy atom. The fourth-order valence-electron chi connectivity index (χ4n) is 2.36. The van der Waals surface area contributed by atoms with Crippen molar-refractivity contribution < 1.29 is 0 Å². The lowest BCUT2D eigenvalue weighted by Gasteiger charge is -2.33. The normalized spacial score (nSPS) is 24.4. The highest BCUT2D eigenvalue weighted by atomic mass is 15.1. The third-order valence-corrected chi connectivity index (χ3v) is 3.42. The summed E-state index contributed by atoms with van der Waals surface area (Å²) in [5.74, 6) is 0.883. The zero-order valence-electron chi connectivity index (χ0n) is 10.3. The minimum Gasteiger partial charge on any atom is -0.301 e. The molecule has 0 saturated carbocycles. The molecular formula is C13H27N. The van der Waals surface area contributed by atoms with E-state index in [2.05, 4.69) is 25.7 Å². The molecule has 0 aromatic carbocycles. The maximum atomic E-state index is 2.68. The Morgan fingerprint density at radius 2 is 2.00 bits per heavy atom. The van der Waals surface area contributed by atoms with Gasteiger partial charge >= 0.3 is 0 Å². The number of hydrogen-bond acceptors (Lipinski definition) is 1. The first kappa shape index (κ1) is 12.0. The second kappa shape index (κ2) is 6.44. The summed E-state index contributed by atoms with van der Waals surface area (Å²) in [6.07, 6.45) is 8.52. The standard InChI is InChI=1S/C13H27N/c1-12(2)8-4-6-10-14-11-7-5-9-13(14)3/h12-13H,4-11H2,1-3H3. The van der Waals surface area contributed by atoms with E-state index in [4.69, 9.17) is 0 Å². The molecule has 0 amide bonds. The Labute approximate surface area is 89.9 Å². The summed E-state index contributed by atoms with van der Waals surface area (Å²) in [7, 11) is 0. The number of unbranched alkanes of at least 4 members (excludes halogenated alkanes) is 1. The van der Waals surface area contributed by atoms with Gasteiger partial charge in [-0.25, -0.2) is 0 Å². The predicted molar refractivity (Wildman–Crippen MR) is 63.6 cm³/mol. The maximum Gasteiger partial charge on any atom is 0.00669 e. The molecule has 0 spiro atoms. The molecule has 0 N–H and O–H groups in total. The van der Waals surface area contributed by atoms with Crippen molar-refractivity contribution in [3.8, 4) is 0 Å². The van der Waals surface area contributed by atoms with Crippen molar-refractivity contribution in [1.82, 2.24) is 4.90 Å². The van der Waals surface area contributed by atoms with Gasteiger partial charge in [-0.2, -0.15) is 0 Å². The highest BCUT2D eigenvalue weighted by Crippen LogP contribution is 2.17. The summed E-state index contributed by atoms with van der Waals surface area (Å²) in [6, 6.07) is 0.850. The van der Waals surface area contributed by atoms with Crippen LogP contribution in [0.5, 0.6) is 0 Å². The van der Waals surface area contributed by atoms with E-state index < -0.39 is 0 Å². The van der Waals surface area contributed by atoms with Crippen LogP contribution in [0.25, 0.3) is 0 Å². The minimum absolute atomic E-state index is 0.850. The van der Waals surface area contributed by atoms with Gasteiger partial charge in [0.1, 0.15) is 0 Å². The van der Waals surface area contributed by atoms with E-state index in [0.717, 1.165) is 12.0 Å². The summed E-state index contributed by atoms with van der Waals surface area (Å²) in [5.41, 5.74) is 0. The van der Waals surface area contributed by atoms with Crippen LogP contribution in [-0.4, -0.2) is 24.0 Å². The van der Waals surface area contributed by atoms with Crippen LogP contribution in [-0.2, 0) is 0 Å². The molecule has 14 heavy (non-hydrogen) atoms. The average molecular weight is 197 g/mol. The van der Waals surface area contributed by atoms with Crippen LogP contribution in [0.1, 0.15) is 59.3 Å². The van der Waals surface area contributed by atoms with E-state index in [-0.39, 0.29) is 0 Å². The highest BCUT2D eigenvalue weighted by Gasteiger charge is 2.16. The lowest BCUT2D eigenvalue weighted by Crippen LogP contribution is -2.37. The predicted octanol–water partition coefficient (Wildman–Crippen LogP) is 3.69. The van der Waals surface area contributed by atoms with Crippen molar-refractivity contribution >= 4 is 0 Å². The van der Waals surface area contributed by atoms with Gasteiger partial charge in [0.25, 0.3) is 0 Å². The van der Waals surface area contributed by atoms with Crippen molar-refractivity contribution in [1.29, 1.82) is 0 Å². The summed E-state index contributed by atoms with van der Waals surface area (Å²) in [5, 5.41) is 0. The first-order chi connectivity index (χ1) is 6.70. The second-order valence-electron chi connectivity index (χ2n) is 5.27. The molecule has 1 aliphatic heterocycles. The van der Waals surface area contributed by atoms with Crippen LogP contribution in [0.15, 0.2) is 0 Å². The molecule has 0 aliphatic carbocycles. The molecule has 1 fully saturated rings. The quantitative estimate of drug-likeness (QED) is 0.608. The highest BCUT2D eigenvalue weighted by molar-refractivity contribution is 4.72. The molecule has 0 aromatic heterocycles. The van der Waals surface area contributed by atoms with Crippen LogP contribution in [0, 0.1) is 5.92 Å². The van der Waals surface area contributed by atoms with E-state index in [1.54, 1.807) is 0 Å². The number of piperidine rings is 1. The molecule has 1 saturated heterocycles. The number of nitrogens with zero attached hydrogens (tertiary/aromatic N) is 1. The minimum atomic E-state index is 0.850. The molecule has 1 rings (SSSR count). The van der Waals surface area contributed by atoms with Crippen LogP contribution in [0.4, 0.5) is 0 Å². The fourth-order valence-corrected chi connectivity index (χ4v) is 2.36. The van der Waals surface area contributed by atoms with E-state index in [0.29, 0.717) is 0 Å². The Morgan fingerprint density at radius 3 is 2.64 bits per heavy atom. The third-order valence-electron chi connectivity index (χ3n) is 3.42. The molecule has 1 heterocycles. The molecule has 0 radical (unpaired) electrons. The summed E-state index contributed by atoms with van der Waals surface area (Å²) in [6.45, 7) is 9.73. The zero-order valence-corrected chi connectivity index (χ0v) is 10.3. The van der Waals surface area contributed by atoms with Crippen LogP contribution in [0.2, 0.25) is 0 Å². The van der Waals surface area contributed by atoms with Crippen molar-refractivity contribution in [2.24, 2.45) is 5.92 Å². The molecule has 84 valence electrons. The van der Waals surface area contributed by atoms with Gasteiger partial charge in [-0.05, 0) is 45.2 Å². The summed E-state index contributed by atoms with van der Waals surface area (Å²) < 4.78 is 0. The van der Waals surface area contributed by atoms with Gasteiger partial charge in [-0.1, -0.05) is 33.1 Å². The number of hydrogen-bond donors (Lipinski definition) is 0. The Balaban J connectivity index is 2.04. The molecule has 1 nitrogen and oxygen atoms in total. The molecular weight excluding hydrogens is 170 g/mol. The monoisotopic (exact) mass is 197 g/mol. The van der Waals surface area contributed by atoms with Crippen molar-refractivity contribution in [2.45, 2.75) is 65.3 Å². The molecule has 1 unspecified atom stereocenters. The smallest absolute Gasteiger partial charge is 0.00669 e. The van der Waals surface area contributed by atoms with Crippen molar-refractivity contribution in [3.05, 3.63) is 0 Å². The van der Waals surface area contributed by atoms with E-state index >= 15 is 0 Å². The Hall–Kier alpha value is -0.0400. The SMILES string of the molecule is CC(C)CCCCN1CCCCC1C. The van der Waals surface area contributed by atoms with E-state index in [9.17, 15) is 0 Å². The summed E-state index contributed by atoms with van der Waals surface area (Å²) >= 11 is 0. The molecule has 1 heteroatoms. The maximum absolute atomic E-state index is 2.68. The van der Waals surface area contributed by atoms with Gasteiger partial charge in [0, 0.05) is 6.04 Å². The lowest BCUT2D eigenvalue weighted by atomic mass is 10.0. The van der Waals surface area contributed by atoms with Gasteiger partial charge < -0.3 is 4.90 Å². The number of rotatable bonds is 5. The third kappa shape index (κ3) is 4.45. The van der Waals surface area contributed by atoms with Gasteiger partial charge in [0.2, 0.25) is 0 Å². The first-order valence-electron chi connectivity index (χ1n) is 6.44. The van der Waals surface area contributed by atoms with Gasteiger partial charge in [-0.15, -0.1) is 0 Å². The van der Waals surface area contributed by atoms with E-state index in [1.165, 1.54) is 51.6 Å².